The molecule has 3 nitrogen and oxygen atoms in total. The molecule has 0 heterocycles. The first-order valence-corrected chi connectivity index (χ1v) is 5.94. The molecule has 2 N–H and O–H groups in total. The Labute approximate surface area is 101 Å². The third kappa shape index (κ3) is 9.38. The van der Waals surface area contributed by atoms with Gasteiger partial charge in [0.1, 0.15) is 0 Å². The largest absolute Gasteiger partial charge is 0.401 e. The molecule has 0 spiro atoms. The lowest BCUT2D eigenvalue weighted by molar-refractivity contribution is -0.145. The van der Waals surface area contributed by atoms with Crippen LogP contribution in [0.2, 0.25) is 0 Å². The van der Waals surface area contributed by atoms with Gasteiger partial charge in [-0.2, -0.15) is 13.2 Å². The monoisotopic (exact) mass is 256 g/mol. The fourth-order valence-corrected chi connectivity index (χ4v) is 1.64. The number of rotatable bonds is 8. The van der Waals surface area contributed by atoms with Crippen molar-refractivity contribution in [3.8, 4) is 0 Å². The summed E-state index contributed by atoms with van der Waals surface area (Å²) in [4.78, 5) is 1.34. The third-order valence-corrected chi connectivity index (χ3v) is 2.43. The SMILES string of the molecule is CCN(CCC(CO)NC(C)C)CC(F)(F)F. The Kier molecular flexibility index (Phi) is 7.74. The highest BCUT2D eigenvalue weighted by Gasteiger charge is 2.30. The molecule has 1 unspecified atom stereocenters. The molecule has 0 aliphatic rings. The first kappa shape index (κ1) is 16.7. The number of aliphatic hydroxyl groups excluding tert-OH is 1. The lowest BCUT2D eigenvalue weighted by atomic mass is 10.2. The van der Waals surface area contributed by atoms with Crippen molar-refractivity contribution >= 4 is 0 Å². The summed E-state index contributed by atoms with van der Waals surface area (Å²) in [6.45, 7) is 5.34. The van der Waals surface area contributed by atoms with Crippen LogP contribution in [0.15, 0.2) is 0 Å². The molecule has 0 aliphatic heterocycles. The molecular weight excluding hydrogens is 233 g/mol. The minimum Gasteiger partial charge on any atom is -0.395 e. The Morgan fingerprint density at radius 3 is 2.24 bits per heavy atom. The zero-order valence-corrected chi connectivity index (χ0v) is 10.7. The number of hydrogen-bond acceptors (Lipinski definition) is 3. The van der Waals surface area contributed by atoms with Crippen molar-refractivity contribution in [3.05, 3.63) is 0 Å². The van der Waals surface area contributed by atoms with Crippen molar-refractivity contribution in [2.75, 3.05) is 26.2 Å². The maximum Gasteiger partial charge on any atom is 0.401 e. The van der Waals surface area contributed by atoms with Gasteiger partial charge in [0.05, 0.1) is 13.2 Å². The number of halogens is 3. The van der Waals surface area contributed by atoms with E-state index in [2.05, 4.69) is 5.32 Å². The lowest BCUT2D eigenvalue weighted by Gasteiger charge is -2.25. The van der Waals surface area contributed by atoms with Crippen LogP contribution in [0.25, 0.3) is 0 Å². The van der Waals surface area contributed by atoms with E-state index in [0.717, 1.165) is 0 Å². The van der Waals surface area contributed by atoms with Crippen LogP contribution >= 0.6 is 0 Å². The molecule has 17 heavy (non-hydrogen) atoms. The van der Waals surface area contributed by atoms with Gasteiger partial charge in [0, 0.05) is 18.6 Å². The van der Waals surface area contributed by atoms with Gasteiger partial charge in [-0.3, -0.25) is 4.90 Å². The molecule has 0 rings (SSSR count). The highest BCUT2D eigenvalue weighted by atomic mass is 19.4. The van der Waals surface area contributed by atoms with Crippen LogP contribution in [0.3, 0.4) is 0 Å². The molecule has 0 aromatic heterocycles. The van der Waals surface area contributed by atoms with Crippen LogP contribution in [-0.2, 0) is 0 Å². The van der Waals surface area contributed by atoms with Crippen LogP contribution in [0.5, 0.6) is 0 Å². The van der Waals surface area contributed by atoms with E-state index in [4.69, 9.17) is 5.11 Å². The maximum absolute atomic E-state index is 12.2. The van der Waals surface area contributed by atoms with Crippen LogP contribution in [0, 0.1) is 0 Å². The predicted octanol–water partition coefficient (Wildman–Crippen LogP) is 1.62. The van der Waals surface area contributed by atoms with Gasteiger partial charge >= 0.3 is 6.18 Å². The van der Waals surface area contributed by atoms with Crippen LogP contribution < -0.4 is 5.32 Å². The van der Waals surface area contributed by atoms with Gasteiger partial charge in [-0.25, -0.2) is 0 Å². The highest BCUT2D eigenvalue weighted by Crippen LogP contribution is 2.16. The minimum atomic E-state index is -4.16. The van der Waals surface area contributed by atoms with Gasteiger partial charge in [0.2, 0.25) is 0 Å². The van der Waals surface area contributed by atoms with E-state index in [0.29, 0.717) is 19.5 Å². The quantitative estimate of drug-likeness (QED) is 0.692. The zero-order chi connectivity index (χ0) is 13.5. The van der Waals surface area contributed by atoms with E-state index in [1.165, 1.54) is 4.90 Å². The molecule has 6 heteroatoms. The molecule has 0 fully saturated rings. The Bertz CT molecular complexity index is 198. The highest BCUT2D eigenvalue weighted by molar-refractivity contribution is 4.71. The standard InChI is InChI=1S/C11H23F3N2O/c1-4-16(8-11(12,13)14)6-5-10(7-17)15-9(2)3/h9-10,15,17H,4-8H2,1-3H3. The number of nitrogens with zero attached hydrogens (tertiary/aromatic N) is 1. The third-order valence-electron chi connectivity index (χ3n) is 2.43. The molecule has 104 valence electrons. The smallest absolute Gasteiger partial charge is 0.395 e. The van der Waals surface area contributed by atoms with E-state index in [-0.39, 0.29) is 18.7 Å². The van der Waals surface area contributed by atoms with Gasteiger partial charge < -0.3 is 10.4 Å². The minimum absolute atomic E-state index is 0.0538. The van der Waals surface area contributed by atoms with E-state index in [9.17, 15) is 13.2 Å². The van der Waals surface area contributed by atoms with Crippen molar-refractivity contribution in [1.82, 2.24) is 10.2 Å². The van der Waals surface area contributed by atoms with Crippen molar-refractivity contribution in [2.45, 2.75) is 45.5 Å². The molecule has 0 bridgehead atoms. The summed E-state index contributed by atoms with van der Waals surface area (Å²) in [7, 11) is 0. The van der Waals surface area contributed by atoms with E-state index in [1.54, 1.807) is 6.92 Å². The Morgan fingerprint density at radius 2 is 1.88 bits per heavy atom. The lowest BCUT2D eigenvalue weighted by Crippen LogP contribution is -2.42. The summed E-state index contributed by atoms with van der Waals surface area (Å²) in [5.74, 6) is 0. The summed E-state index contributed by atoms with van der Waals surface area (Å²) in [5, 5.41) is 12.2. The first-order chi connectivity index (χ1) is 7.78. The number of nitrogens with one attached hydrogen (secondary N) is 1. The number of hydrogen-bond donors (Lipinski definition) is 2. The van der Waals surface area contributed by atoms with Crippen molar-refractivity contribution in [1.29, 1.82) is 0 Å². The van der Waals surface area contributed by atoms with E-state index in [1.807, 2.05) is 13.8 Å². The van der Waals surface area contributed by atoms with Gasteiger partial charge in [-0.15, -0.1) is 0 Å². The van der Waals surface area contributed by atoms with E-state index >= 15 is 0 Å². The average molecular weight is 256 g/mol. The van der Waals surface area contributed by atoms with Gasteiger partial charge in [-0.05, 0) is 13.0 Å². The van der Waals surface area contributed by atoms with Gasteiger partial charge in [-0.1, -0.05) is 20.8 Å². The van der Waals surface area contributed by atoms with Crippen LogP contribution in [0.4, 0.5) is 13.2 Å². The maximum atomic E-state index is 12.2. The topological polar surface area (TPSA) is 35.5 Å². The summed E-state index contributed by atoms with van der Waals surface area (Å²) in [6, 6.07) is 0.0714. The summed E-state index contributed by atoms with van der Waals surface area (Å²) >= 11 is 0. The van der Waals surface area contributed by atoms with Crippen LogP contribution in [0.1, 0.15) is 27.2 Å². The van der Waals surface area contributed by atoms with Crippen molar-refractivity contribution < 1.29 is 18.3 Å². The molecule has 0 aromatic carbocycles. The van der Waals surface area contributed by atoms with Crippen LogP contribution in [-0.4, -0.2) is 54.5 Å². The summed E-state index contributed by atoms with van der Waals surface area (Å²) in [5.41, 5.74) is 0. The molecule has 0 radical (unpaired) electrons. The molecule has 1 atom stereocenters. The normalized spacial score (nSPS) is 14.6. The Morgan fingerprint density at radius 1 is 1.29 bits per heavy atom. The molecule has 0 amide bonds. The molecule has 0 saturated heterocycles. The molecule has 0 aliphatic carbocycles. The van der Waals surface area contributed by atoms with E-state index < -0.39 is 12.7 Å². The summed E-state index contributed by atoms with van der Waals surface area (Å²) in [6.07, 6.45) is -3.64. The fourth-order valence-electron chi connectivity index (χ4n) is 1.64. The first-order valence-electron chi connectivity index (χ1n) is 5.94. The molecular formula is C11H23F3N2O. The summed E-state index contributed by atoms with van der Waals surface area (Å²) < 4.78 is 36.6. The number of alkyl halides is 3. The Hall–Kier alpha value is -0.330. The van der Waals surface area contributed by atoms with Gasteiger partial charge in [0.15, 0.2) is 0 Å². The predicted molar refractivity (Wildman–Crippen MR) is 61.9 cm³/mol. The zero-order valence-electron chi connectivity index (χ0n) is 10.7. The molecule has 0 saturated carbocycles. The second kappa shape index (κ2) is 7.89. The van der Waals surface area contributed by atoms with Crippen molar-refractivity contribution in [3.63, 3.8) is 0 Å². The van der Waals surface area contributed by atoms with Crippen molar-refractivity contribution in [2.24, 2.45) is 0 Å². The average Bonchev–Trinajstić information content (AvgIpc) is 2.19. The Balaban J connectivity index is 4.03. The molecule has 0 aromatic rings. The fraction of sp³-hybridized carbons (Fsp3) is 1.00. The number of aliphatic hydroxyl groups is 1. The second-order valence-corrected chi connectivity index (χ2v) is 4.47. The second-order valence-electron chi connectivity index (χ2n) is 4.47. The van der Waals surface area contributed by atoms with Gasteiger partial charge in [0.25, 0.3) is 0 Å².